The number of aryl methyl sites for hydroxylation is 1. The van der Waals surface area contributed by atoms with Crippen LogP contribution in [0.5, 0.6) is 5.88 Å². The van der Waals surface area contributed by atoms with Gasteiger partial charge in [0.25, 0.3) is 0 Å². The van der Waals surface area contributed by atoms with Crippen LogP contribution in [0.3, 0.4) is 0 Å². The van der Waals surface area contributed by atoms with E-state index in [1.165, 1.54) is 6.42 Å². The highest BCUT2D eigenvalue weighted by atomic mass is 16.5. The molecule has 0 spiro atoms. The number of ether oxygens (including phenoxy) is 1. The molecule has 1 N–H and O–H groups in total. The molecule has 0 radical (unpaired) electrons. The van der Waals surface area contributed by atoms with Crippen LogP contribution in [0.25, 0.3) is 0 Å². The Morgan fingerprint density at radius 3 is 2.68 bits per heavy atom. The molecule has 3 heteroatoms. The van der Waals surface area contributed by atoms with E-state index in [1.54, 1.807) is 0 Å². The van der Waals surface area contributed by atoms with Gasteiger partial charge >= 0.3 is 0 Å². The molecule has 1 aliphatic carbocycles. The monoisotopic (exact) mass is 263 g/mol. The van der Waals surface area contributed by atoms with Crippen molar-refractivity contribution < 1.29 is 9.84 Å². The zero-order chi connectivity index (χ0) is 13.8. The lowest BCUT2D eigenvalue weighted by atomic mass is 9.80. The Bertz CT molecular complexity index is 397. The van der Waals surface area contributed by atoms with Gasteiger partial charge in [0.1, 0.15) is 6.10 Å². The predicted octanol–water partition coefficient (Wildman–Crippen LogP) is 3.34. The van der Waals surface area contributed by atoms with E-state index in [2.05, 4.69) is 25.8 Å². The van der Waals surface area contributed by atoms with Crippen LogP contribution >= 0.6 is 0 Å². The minimum atomic E-state index is 0.0456. The first-order valence-corrected chi connectivity index (χ1v) is 7.39. The molecular formula is C16H25NO2. The van der Waals surface area contributed by atoms with Crippen LogP contribution in [0.4, 0.5) is 0 Å². The van der Waals surface area contributed by atoms with Gasteiger partial charge < -0.3 is 9.84 Å². The maximum absolute atomic E-state index is 9.28. The second kappa shape index (κ2) is 6.38. The molecule has 1 aromatic rings. The van der Waals surface area contributed by atoms with Gasteiger partial charge in [-0.15, -0.1) is 0 Å². The third kappa shape index (κ3) is 3.69. The number of aliphatic hydroxyl groups excluding tert-OH is 1. The van der Waals surface area contributed by atoms with Crippen LogP contribution in [-0.4, -0.2) is 16.2 Å². The summed E-state index contributed by atoms with van der Waals surface area (Å²) in [5.74, 6) is 2.18. The predicted molar refractivity (Wildman–Crippen MR) is 76.1 cm³/mol. The Balaban J connectivity index is 2.06. The van der Waals surface area contributed by atoms with E-state index in [4.69, 9.17) is 4.74 Å². The highest BCUT2D eigenvalue weighted by Gasteiger charge is 2.26. The zero-order valence-corrected chi connectivity index (χ0v) is 12.2. The molecule has 0 aliphatic heterocycles. The lowest BCUT2D eigenvalue weighted by Gasteiger charge is -2.32. The van der Waals surface area contributed by atoms with Crippen LogP contribution in [0.15, 0.2) is 12.1 Å². The Kier molecular flexibility index (Phi) is 4.81. The molecule has 1 aliphatic rings. The summed E-state index contributed by atoms with van der Waals surface area (Å²) in [6, 6.07) is 3.81. The molecule has 1 heterocycles. The first-order chi connectivity index (χ1) is 9.12. The molecule has 1 saturated carbocycles. The first-order valence-electron chi connectivity index (χ1n) is 7.39. The number of aromatic nitrogens is 1. The Hall–Kier alpha value is -1.09. The van der Waals surface area contributed by atoms with Gasteiger partial charge in [0, 0.05) is 11.8 Å². The van der Waals surface area contributed by atoms with E-state index in [0.29, 0.717) is 11.8 Å². The Morgan fingerprint density at radius 1 is 1.26 bits per heavy atom. The van der Waals surface area contributed by atoms with Crippen LogP contribution in [0.2, 0.25) is 0 Å². The first kappa shape index (κ1) is 14.3. The fraction of sp³-hybridized carbons (Fsp3) is 0.688. The van der Waals surface area contributed by atoms with Gasteiger partial charge in [-0.25, -0.2) is 4.98 Å². The lowest BCUT2D eigenvalue weighted by molar-refractivity contribution is 0.0960. The number of aliphatic hydroxyl groups is 1. The molecule has 106 valence electrons. The number of hydrogen-bond donors (Lipinski definition) is 1. The summed E-state index contributed by atoms with van der Waals surface area (Å²) >= 11 is 0. The standard InChI is InChI=1S/C16H25NO2/c1-4-14-8-13(10-18)9-16(17-14)19-15-6-5-11(2)12(3)7-15/h8-9,11-12,15,18H,4-7,10H2,1-3H3. The summed E-state index contributed by atoms with van der Waals surface area (Å²) in [4.78, 5) is 4.50. The van der Waals surface area contributed by atoms with Gasteiger partial charge in [0.15, 0.2) is 0 Å². The third-order valence-corrected chi connectivity index (χ3v) is 4.30. The minimum absolute atomic E-state index is 0.0456. The molecule has 19 heavy (non-hydrogen) atoms. The van der Waals surface area contributed by atoms with Crippen molar-refractivity contribution in [1.82, 2.24) is 4.98 Å². The fourth-order valence-corrected chi connectivity index (χ4v) is 2.73. The van der Waals surface area contributed by atoms with Gasteiger partial charge in [-0.05, 0) is 49.1 Å². The summed E-state index contributed by atoms with van der Waals surface area (Å²) in [6.45, 7) is 6.73. The summed E-state index contributed by atoms with van der Waals surface area (Å²) in [5.41, 5.74) is 1.87. The average molecular weight is 263 g/mol. The molecule has 3 unspecified atom stereocenters. The van der Waals surface area contributed by atoms with E-state index < -0.39 is 0 Å². The highest BCUT2D eigenvalue weighted by Crippen LogP contribution is 2.31. The fourth-order valence-electron chi connectivity index (χ4n) is 2.73. The van der Waals surface area contributed by atoms with Crippen molar-refractivity contribution in [3.05, 3.63) is 23.4 Å². The molecule has 0 aromatic carbocycles. The minimum Gasteiger partial charge on any atom is -0.474 e. The second-order valence-electron chi connectivity index (χ2n) is 5.82. The summed E-state index contributed by atoms with van der Waals surface area (Å²) in [7, 11) is 0. The van der Waals surface area contributed by atoms with Crippen molar-refractivity contribution >= 4 is 0 Å². The smallest absolute Gasteiger partial charge is 0.214 e. The third-order valence-electron chi connectivity index (χ3n) is 4.30. The molecule has 3 atom stereocenters. The van der Waals surface area contributed by atoms with Gasteiger partial charge in [-0.3, -0.25) is 0 Å². The summed E-state index contributed by atoms with van der Waals surface area (Å²) in [5, 5.41) is 9.28. The zero-order valence-electron chi connectivity index (χ0n) is 12.2. The molecule has 2 rings (SSSR count). The van der Waals surface area contributed by atoms with Crippen molar-refractivity contribution in [3.8, 4) is 5.88 Å². The largest absolute Gasteiger partial charge is 0.474 e. The molecule has 0 amide bonds. The van der Waals surface area contributed by atoms with E-state index in [-0.39, 0.29) is 12.7 Å². The van der Waals surface area contributed by atoms with E-state index in [1.807, 2.05) is 12.1 Å². The second-order valence-corrected chi connectivity index (χ2v) is 5.82. The van der Waals surface area contributed by atoms with Crippen LogP contribution in [0.1, 0.15) is 51.3 Å². The molecule has 0 saturated heterocycles. The Labute approximate surface area is 116 Å². The van der Waals surface area contributed by atoms with E-state index in [0.717, 1.165) is 36.4 Å². The summed E-state index contributed by atoms with van der Waals surface area (Å²) in [6.07, 6.45) is 4.58. The number of pyridine rings is 1. The summed E-state index contributed by atoms with van der Waals surface area (Å²) < 4.78 is 6.04. The van der Waals surface area contributed by atoms with Crippen molar-refractivity contribution in [2.24, 2.45) is 11.8 Å². The van der Waals surface area contributed by atoms with E-state index >= 15 is 0 Å². The number of nitrogens with zero attached hydrogens (tertiary/aromatic N) is 1. The molecule has 0 bridgehead atoms. The molecular weight excluding hydrogens is 238 g/mol. The number of hydrogen-bond acceptors (Lipinski definition) is 3. The van der Waals surface area contributed by atoms with Crippen LogP contribution in [-0.2, 0) is 13.0 Å². The molecule has 1 aromatic heterocycles. The van der Waals surface area contributed by atoms with Gasteiger partial charge in [0.2, 0.25) is 5.88 Å². The van der Waals surface area contributed by atoms with Crippen molar-refractivity contribution in [2.75, 3.05) is 0 Å². The van der Waals surface area contributed by atoms with Crippen molar-refractivity contribution in [2.45, 2.75) is 59.2 Å². The van der Waals surface area contributed by atoms with Crippen molar-refractivity contribution in [1.29, 1.82) is 0 Å². The quantitative estimate of drug-likeness (QED) is 0.906. The normalized spacial score (nSPS) is 27.3. The lowest BCUT2D eigenvalue weighted by Crippen LogP contribution is -2.29. The maximum Gasteiger partial charge on any atom is 0.214 e. The van der Waals surface area contributed by atoms with Crippen molar-refractivity contribution in [3.63, 3.8) is 0 Å². The van der Waals surface area contributed by atoms with Crippen LogP contribution in [0, 0.1) is 11.8 Å². The van der Waals surface area contributed by atoms with Gasteiger partial charge in [-0.1, -0.05) is 20.8 Å². The number of rotatable bonds is 4. The molecule has 1 fully saturated rings. The van der Waals surface area contributed by atoms with Crippen LogP contribution < -0.4 is 4.74 Å². The van der Waals surface area contributed by atoms with Gasteiger partial charge in [0.05, 0.1) is 6.61 Å². The SMILES string of the molecule is CCc1cc(CO)cc(OC2CCC(C)C(C)C2)n1. The Morgan fingerprint density at radius 2 is 2.05 bits per heavy atom. The average Bonchev–Trinajstić information content (AvgIpc) is 2.42. The topological polar surface area (TPSA) is 42.4 Å². The maximum atomic E-state index is 9.28. The van der Waals surface area contributed by atoms with Gasteiger partial charge in [-0.2, -0.15) is 0 Å². The highest BCUT2D eigenvalue weighted by molar-refractivity contribution is 5.25. The molecule has 3 nitrogen and oxygen atoms in total. The van der Waals surface area contributed by atoms with E-state index in [9.17, 15) is 5.11 Å².